The molecule has 0 saturated heterocycles. The van der Waals surface area contributed by atoms with Crippen LogP contribution in [0.2, 0.25) is 0 Å². The molecule has 2 unspecified atom stereocenters. The van der Waals surface area contributed by atoms with Gasteiger partial charge in [-0.3, -0.25) is 4.79 Å². The van der Waals surface area contributed by atoms with Gasteiger partial charge >= 0.3 is 0 Å². The number of carbonyl (C=O) groups excluding carboxylic acids is 1. The van der Waals surface area contributed by atoms with E-state index in [-0.39, 0.29) is 5.41 Å². The molecule has 2 fully saturated rings. The highest BCUT2D eigenvalue weighted by Gasteiger charge is 2.58. The van der Waals surface area contributed by atoms with Crippen molar-refractivity contribution in [1.29, 1.82) is 0 Å². The summed E-state index contributed by atoms with van der Waals surface area (Å²) in [5.74, 6) is 1.64. The van der Waals surface area contributed by atoms with E-state index in [4.69, 9.17) is 0 Å². The van der Waals surface area contributed by atoms with Crippen LogP contribution in [0.25, 0.3) is 0 Å². The molecule has 3 atom stereocenters. The molecule has 2 aliphatic rings. The lowest BCUT2D eigenvalue weighted by Gasteiger charge is -2.24. The van der Waals surface area contributed by atoms with Gasteiger partial charge in [0.1, 0.15) is 5.78 Å². The van der Waals surface area contributed by atoms with Gasteiger partial charge in [0, 0.05) is 11.8 Å². The number of fused-ring (bicyclic) bond motifs is 1. The van der Waals surface area contributed by atoms with E-state index in [1.807, 2.05) is 6.92 Å². The van der Waals surface area contributed by atoms with Crippen LogP contribution in [0.3, 0.4) is 0 Å². The van der Waals surface area contributed by atoms with Gasteiger partial charge in [-0.25, -0.2) is 0 Å². The fourth-order valence-corrected chi connectivity index (χ4v) is 2.40. The second-order valence-corrected chi connectivity index (χ2v) is 4.72. The lowest BCUT2D eigenvalue weighted by Crippen LogP contribution is -2.25. The minimum Gasteiger partial charge on any atom is -0.299 e. The second kappa shape index (κ2) is 2.21. The van der Waals surface area contributed by atoms with E-state index in [9.17, 15) is 4.79 Å². The normalized spacial score (nSPS) is 45.3. The van der Waals surface area contributed by atoms with Crippen molar-refractivity contribution >= 4 is 5.78 Å². The lowest BCUT2D eigenvalue weighted by molar-refractivity contribution is -0.126. The van der Waals surface area contributed by atoms with Crippen LogP contribution in [0.4, 0.5) is 0 Å². The van der Waals surface area contributed by atoms with Crippen molar-refractivity contribution in [2.75, 3.05) is 0 Å². The van der Waals surface area contributed by atoms with Crippen molar-refractivity contribution in [3.05, 3.63) is 12.2 Å². The first kappa shape index (κ1) is 8.03. The molecule has 0 radical (unpaired) electrons. The molecule has 0 aromatic rings. The van der Waals surface area contributed by atoms with Gasteiger partial charge in [0.25, 0.3) is 0 Å². The summed E-state index contributed by atoms with van der Waals surface area (Å²) >= 11 is 0. The summed E-state index contributed by atoms with van der Waals surface area (Å²) < 4.78 is 0. The highest BCUT2D eigenvalue weighted by atomic mass is 16.1. The quantitative estimate of drug-likeness (QED) is 0.544. The van der Waals surface area contributed by atoms with Crippen molar-refractivity contribution in [3.63, 3.8) is 0 Å². The topological polar surface area (TPSA) is 17.1 Å². The van der Waals surface area contributed by atoms with Crippen LogP contribution in [-0.4, -0.2) is 5.78 Å². The molecule has 0 N–H and O–H groups in total. The maximum atomic E-state index is 11.6. The highest BCUT2D eigenvalue weighted by Crippen LogP contribution is 2.60. The van der Waals surface area contributed by atoms with Gasteiger partial charge in [-0.1, -0.05) is 19.1 Å². The molecule has 2 aliphatic carbocycles. The molecule has 0 aromatic heterocycles. The Labute approximate surface area is 73.8 Å². The number of rotatable bonds is 1. The zero-order valence-electron chi connectivity index (χ0n) is 7.89. The van der Waals surface area contributed by atoms with Gasteiger partial charge in [-0.2, -0.15) is 0 Å². The molecule has 1 heteroatoms. The summed E-state index contributed by atoms with van der Waals surface area (Å²) in [6, 6.07) is 0. The molecule has 2 saturated carbocycles. The number of carbonyl (C=O) groups is 1. The largest absolute Gasteiger partial charge is 0.299 e. The minimum atomic E-state index is 0.0892. The zero-order chi connectivity index (χ0) is 8.93. The Morgan fingerprint density at radius 3 is 2.83 bits per heavy atom. The Morgan fingerprint density at radius 2 is 2.33 bits per heavy atom. The molecule has 2 rings (SSSR count). The molecular weight excluding hydrogens is 148 g/mol. The molecule has 0 bridgehead atoms. The Balaban J connectivity index is 2.12. The number of Topliss-reactive ketones (excluding diaryl/α,β-unsaturated/α-hetero) is 1. The first-order valence-corrected chi connectivity index (χ1v) is 4.73. The van der Waals surface area contributed by atoms with Crippen molar-refractivity contribution in [2.45, 2.75) is 33.1 Å². The summed E-state index contributed by atoms with van der Waals surface area (Å²) in [5.41, 5.74) is 1.28. The maximum absolute atomic E-state index is 11.6. The average Bonchev–Trinajstić information content (AvgIpc) is 2.62. The van der Waals surface area contributed by atoms with Gasteiger partial charge in [0.2, 0.25) is 0 Å². The Hall–Kier alpha value is -0.590. The van der Waals surface area contributed by atoms with E-state index >= 15 is 0 Å². The third kappa shape index (κ3) is 0.954. The van der Waals surface area contributed by atoms with Crippen molar-refractivity contribution < 1.29 is 4.79 Å². The first-order valence-electron chi connectivity index (χ1n) is 4.73. The molecule has 1 nitrogen and oxygen atoms in total. The smallest absolute Gasteiger partial charge is 0.139 e. The first-order chi connectivity index (χ1) is 5.54. The van der Waals surface area contributed by atoms with Crippen molar-refractivity contribution in [3.8, 4) is 0 Å². The molecule has 0 aliphatic heterocycles. The molecule has 0 aromatic carbocycles. The van der Waals surface area contributed by atoms with E-state index in [1.54, 1.807) is 0 Å². The predicted octanol–water partition coefficient (Wildman–Crippen LogP) is 2.57. The van der Waals surface area contributed by atoms with Crippen LogP contribution in [0.1, 0.15) is 33.1 Å². The average molecular weight is 164 g/mol. The van der Waals surface area contributed by atoms with Crippen LogP contribution in [0.5, 0.6) is 0 Å². The second-order valence-electron chi connectivity index (χ2n) is 4.72. The number of allylic oxidation sites excluding steroid dienone is 1. The van der Waals surface area contributed by atoms with Crippen LogP contribution >= 0.6 is 0 Å². The fourth-order valence-electron chi connectivity index (χ4n) is 2.40. The van der Waals surface area contributed by atoms with E-state index in [1.165, 1.54) is 12.0 Å². The monoisotopic (exact) mass is 164 g/mol. The molecule has 0 amide bonds. The van der Waals surface area contributed by atoms with Crippen LogP contribution in [0.15, 0.2) is 12.2 Å². The van der Waals surface area contributed by atoms with Crippen LogP contribution in [0, 0.1) is 17.3 Å². The third-order valence-corrected chi connectivity index (χ3v) is 3.75. The summed E-state index contributed by atoms with van der Waals surface area (Å²) in [4.78, 5) is 11.6. The molecule has 0 spiro atoms. The summed E-state index contributed by atoms with van der Waals surface area (Å²) in [6.45, 7) is 8.10. The van der Waals surface area contributed by atoms with Gasteiger partial charge < -0.3 is 0 Å². The third-order valence-electron chi connectivity index (χ3n) is 3.75. The Bertz CT molecular complexity index is 254. The fraction of sp³-hybridized carbons (Fsp3) is 0.727. The molecule has 66 valence electrons. The standard InChI is InChI=1S/C11H16O/c1-7(2)8-4-9-6-11(9,3)10(12)5-8/h8-9H,1,4-6H2,2-3H3/t8-,9?,11?/m1/s1. The molecule has 0 heterocycles. The summed E-state index contributed by atoms with van der Waals surface area (Å²) in [5, 5.41) is 0. The van der Waals surface area contributed by atoms with Crippen LogP contribution < -0.4 is 0 Å². The maximum Gasteiger partial charge on any atom is 0.139 e. The van der Waals surface area contributed by atoms with E-state index in [0.717, 1.165) is 12.8 Å². The van der Waals surface area contributed by atoms with E-state index in [2.05, 4.69) is 13.5 Å². The van der Waals surface area contributed by atoms with Crippen molar-refractivity contribution in [1.82, 2.24) is 0 Å². The van der Waals surface area contributed by atoms with Crippen LogP contribution in [-0.2, 0) is 4.79 Å². The van der Waals surface area contributed by atoms with Gasteiger partial charge in [-0.05, 0) is 31.6 Å². The van der Waals surface area contributed by atoms with Gasteiger partial charge in [0.05, 0.1) is 0 Å². The Kier molecular flexibility index (Phi) is 1.48. The van der Waals surface area contributed by atoms with Gasteiger partial charge in [-0.15, -0.1) is 0 Å². The Morgan fingerprint density at radius 1 is 1.67 bits per heavy atom. The van der Waals surface area contributed by atoms with Crippen molar-refractivity contribution in [2.24, 2.45) is 17.3 Å². The number of hydrogen-bond donors (Lipinski definition) is 0. The number of ketones is 1. The minimum absolute atomic E-state index is 0.0892. The molecule has 12 heavy (non-hydrogen) atoms. The summed E-state index contributed by atoms with van der Waals surface area (Å²) in [7, 11) is 0. The lowest BCUT2D eigenvalue weighted by atomic mass is 9.79. The van der Waals surface area contributed by atoms with E-state index < -0.39 is 0 Å². The SMILES string of the molecule is C=C(C)[C@H]1CC(=O)C2(C)CC2C1. The zero-order valence-corrected chi connectivity index (χ0v) is 7.89. The highest BCUT2D eigenvalue weighted by molar-refractivity contribution is 5.89. The predicted molar refractivity (Wildman–Crippen MR) is 48.8 cm³/mol. The summed E-state index contributed by atoms with van der Waals surface area (Å²) in [6.07, 6.45) is 3.09. The number of hydrogen-bond acceptors (Lipinski definition) is 1. The van der Waals surface area contributed by atoms with Gasteiger partial charge in [0.15, 0.2) is 0 Å². The molecular formula is C11H16O. The van der Waals surface area contributed by atoms with E-state index in [0.29, 0.717) is 17.6 Å².